The summed E-state index contributed by atoms with van der Waals surface area (Å²) in [6.07, 6.45) is 2.19. The summed E-state index contributed by atoms with van der Waals surface area (Å²) in [4.78, 5) is 16.6. The summed E-state index contributed by atoms with van der Waals surface area (Å²) in [7, 11) is 1.70. The minimum Gasteiger partial charge on any atom is -0.395 e. The molecular weight excluding hydrogens is 296 g/mol. The number of hydrogen-bond acceptors (Lipinski definition) is 2. The smallest absolute Gasteiger partial charge is 0.226 e. The Hall–Kier alpha value is -1.33. The number of rotatable bonds is 4. The van der Waals surface area contributed by atoms with Crippen molar-refractivity contribution in [3.8, 4) is 0 Å². The molecule has 0 atom stereocenters. The Labute approximate surface area is 114 Å². The Morgan fingerprint density at radius 2 is 2.28 bits per heavy atom. The van der Waals surface area contributed by atoms with Gasteiger partial charge in [-0.1, -0.05) is 22.0 Å². The van der Waals surface area contributed by atoms with Gasteiger partial charge in [0.1, 0.15) is 0 Å². The van der Waals surface area contributed by atoms with Crippen molar-refractivity contribution in [3.05, 3.63) is 34.4 Å². The van der Waals surface area contributed by atoms with Gasteiger partial charge in [-0.3, -0.25) is 4.79 Å². The number of benzene rings is 1. The van der Waals surface area contributed by atoms with Crippen LogP contribution in [0.1, 0.15) is 5.56 Å². The first kappa shape index (κ1) is 13.1. The molecule has 0 saturated heterocycles. The molecule has 0 unspecified atom stereocenters. The molecule has 0 radical (unpaired) electrons. The molecule has 2 rings (SSSR count). The van der Waals surface area contributed by atoms with Crippen LogP contribution >= 0.6 is 15.9 Å². The summed E-state index contributed by atoms with van der Waals surface area (Å²) in [5.74, 6) is 0.000651. The molecule has 18 heavy (non-hydrogen) atoms. The maximum Gasteiger partial charge on any atom is 0.226 e. The van der Waals surface area contributed by atoms with E-state index < -0.39 is 0 Å². The number of carbonyl (C=O) groups excluding carboxylic acids is 1. The fourth-order valence-corrected chi connectivity index (χ4v) is 2.54. The molecule has 0 spiro atoms. The first-order valence-corrected chi connectivity index (χ1v) is 6.52. The SMILES string of the molecule is CN(CCO)C(=O)Cc1c[nH]c2cccc(Br)c12. The number of fused-ring (bicyclic) bond motifs is 1. The predicted octanol–water partition coefficient (Wildman–Crippen LogP) is 1.92. The van der Waals surface area contributed by atoms with Crippen LogP contribution in [0.5, 0.6) is 0 Å². The quantitative estimate of drug-likeness (QED) is 0.906. The fraction of sp³-hybridized carbons (Fsp3) is 0.308. The zero-order valence-corrected chi connectivity index (χ0v) is 11.7. The average molecular weight is 311 g/mol. The summed E-state index contributed by atoms with van der Waals surface area (Å²) in [6, 6.07) is 5.89. The zero-order valence-electron chi connectivity index (χ0n) is 10.1. The molecule has 0 aliphatic rings. The third kappa shape index (κ3) is 2.57. The van der Waals surface area contributed by atoms with Gasteiger partial charge < -0.3 is 15.0 Å². The highest BCUT2D eigenvalue weighted by Crippen LogP contribution is 2.27. The van der Waals surface area contributed by atoms with Crippen molar-refractivity contribution in [2.75, 3.05) is 20.2 Å². The maximum atomic E-state index is 11.9. The molecule has 0 saturated carbocycles. The Bertz CT molecular complexity index is 565. The lowest BCUT2D eigenvalue weighted by Gasteiger charge is -2.15. The van der Waals surface area contributed by atoms with E-state index in [0.29, 0.717) is 13.0 Å². The molecule has 1 aromatic carbocycles. The van der Waals surface area contributed by atoms with E-state index in [2.05, 4.69) is 20.9 Å². The fourth-order valence-electron chi connectivity index (χ4n) is 1.92. The van der Waals surface area contributed by atoms with E-state index in [0.717, 1.165) is 20.9 Å². The Morgan fingerprint density at radius 1 is 1.50 bits per heavy atom. The minimum atomic E-state index is -0.0141. The van der Waals surface area contributed by atoms with Crippen LogP contribution in [0.15, 0.2) is 28.9 Å². The Balaban J connectivity index is 2.25. The molecule has 4 nitrogen and oxygen atoms in total. The molecule has 0 aliphatic heterocycles. The third-order valence-corrected chi connectivity index (χ3v) is 3.60. The van der Waals surface area contributed by atoms with Crippen molar-refractivity contribution in [2.45, 2.75) is 6.42 Å². The lowest BCUT2D eigenvalue weighted by molar-refractivity contribution is -0.129. The van der Waals surface area contributed by atoms with Gasteiger partial charge in [0.25, 0.3) is 0 Å². The number of aromatic amines is 1. The number of nitrogens with one attached hydrogen (secondary N) is 1. The molecule has 1 amide bonds. The number of hydrogen-bond donors (Lipinski definition) is 2. The molecule has 2 N–H and O–H groups in total. The van der Waals surface area contributed by atoms with Gasteiger partial charge >= 0.3 is 0 Å². The van der Waals surface area contributed by atoms with Gasteiger partial charge in [0.2, 0.25) is 5.91 Å². The van der Waals surface area contributed by atoms with E-state index in [-0.39, 0.29) is 12.5 Å². The Morgan fingerprint density at radius 3 is 3.00 bits per heavy atom. The standard InChI is InChI=1S/C13H15BrN2O2/c1-16(5-6-17)12(18)7-9-8-15-11-4-2-3-10(14)13(9)11/h2-4,8,15,17H,5-7H2,1H3. The van der Waals surface area contributed by atoms with Crippen LogP contribution in [0.3, 0.4) is 0 Å². The summed E-state index contributed by atoms with van der Waals surface area (Å²) >= 11 is 3.50. The largest absolute Gasteiger partial charge is 0.395 e. The normalized spacial score (nSPS) is 10.8. The summed E-state index contributed by atoms with van der Waals surface area (Å²) in [5, 5.41) is 9.86. The minimum absolute atomic E-state index is 0.000651. The van der Waals surface area contributed by atoms with Crippen LogP contribution in [0.25, 0.3) is 10.9 Å². The van der Waals surface area contributed by atoms with Gasteiger partial charge in [0.05, 0.1) is 13.0 Å². The second-order valence-corrected chi connectivity index (χ2v) is 5.05. The van der Waals surface area contributed by atoms with Crippen LogP contribution in [0.4, 0.5) is 0 Å². The highest BCUT2D eigenvalue weighted by molar-refractivity contribution is 9.10. The highest BCUT2D eigenvalue weighted by atomic mass is 79.9. The first-order valence-electron chi connectivity index (χ1n) is 5.72. The number of aromatic nitrogens is 1. The lowest BCUT2D eigenvalue weighted by atomic mass is 10.1. The van der Waals surface area contributed by atoms with Gasteiger partial charge in [-0.2, -0.15) is 0 Å². The van der Waals surface area contributed by atoms with E-state index >= 15 is 0 Å². The average Bonchev–Trinajstić information content (AvgIpc) is 2.74. The molecule has 0 fully saturated rings. The second-order valence-electron chi connectivity index (χ2n) is 4.19. The van der Waals surface area contributed by atoms with Crippen molar-refractivity contribution < 1.29 is 9.90 Å². The number of nitrogens with zero attached hydrogens (tertiary/aromatic N) is 1. The van der Waals surface area contributed by atoms with E-state index in [1.807, 2.05) is 24.4 Å². The molecular formula is C13H15BrN2O2. The Kier molecular flexibility index (Phi) is 4.04. The second kappa shape index (κ2) is 5.54. The summed E-state index contributed by atoms with van der Waals surface area (Å²) in [6.45, 7) is 0.349. The van der Waals surface area contributed by atoms with Crippen LogP contribution < -0.4 is 0 Å². The van der Waals surface area contributed by atoms with E-state index in [9.17, 15) is 4.79 Å². The summed E-state index contributed by atoms with van der Waals surface area (Å²) in [5.41, 5.74) is 1.98. The van der Waals surface area contributed by atoms with Crippen LogP contribution in [-0.4, -0.2) is 41.1 Å². The molecule has 1 heterocycles. The molecule has 5 heteroatoms. The van der Waals surface area contributed by atoms with Crippen LogP contribution in [-0.2, 0) is 11.2 Å². The van der Waals surface area contributed by atoms with Crippen molar-refractivity contribution in [3.63, 3.8) is 0 Å². The van der Waals surface area contributed by atoms with Crippen molar-refractivity contribution in [1.29, 1.82) is 0 Å². The molecule has 96 valence electrons. The number of H-pyrrole nitrogens is 1. The molecule has 2 aromatic rings. The van der Waals surface area contributed by atoms with Crippen molar-refractivity contribution in [2.24, 2.45) is 0 Å². The number of likely N-dealkylation sites (N-methyl/N-ethyl adjacent to an activating group) is 1. The van der Waals surface area contributed by atoms with Gasteiger partial charge in [0.15, 0.2) is 0 Å². The zero-order chi connectivity index (χ0) is 13.1. The van der Waals surface area contributed by atoms with Crippen molar-refractivity contribution >= 4 is 32.7 Å². The summed E-state index contributed by atoms with van der Waals surface area (Å²) < 4.78 is 0.980. The topological polar surface area (TPSA) is 56.3 Å². The molecule has 0 bridgehead atoms. The molecule has 0 aliphatic carbocycles. The highest BCUT2D eigenvalue weighted by Gasteiger charge is 2.13. The first-order chi connectivity index (χ1) is 8.63. The number of halogens is 1. The number of amides is 1. The van der Waals surface area contributed by atoms with Crippen molar-refractivity contribution in [1.82, 2.24) is 9.88 Å². The van der Waals surface area contributed by atoms with Crippen LogP contribution in [0, 0.1) is 0 Å². The van der Waals surface area contributed by atoms with Gasteiger partial charge in [-0.05, 0) is 17.7 Å². The predicted molar refractivity (Wildman–Crippen MR) is 74.4 cm³/mol. The number of carbonyl (C=O) groups is 1. The van der Waals surface area contributed by atoms with Crippen LogP contribution in [0.2, 0.25) is 0 Å². The van der Waals surface area contributed by atoms with E-state index in [1.165, 1.54) is 4.90 Å². The van der Waals surface area contributed by atoms with Gasteiger partial charge in [0, 0.05) is 35.2 Å². The van der Waals surface area contributed by atoms with Gasteiger partial charge in [-0.25, -0.2) is 0 Å². The molecule has 1 aromatic heterocycles. The van der Waals surface area contributed by atoms with E-state index in [1.54, 1.807) is 7.05 Å². The third-order valence-electron chi connectivity index (χ3n) is 2.94. The van der Waals surface area contributed by atoms with Gasteiger partial charge in [-0.15, -0.1) is 0 Å². The van der Waals surface area contributed by atoms with E-state index in [4.69, 9.17) is 5.11 Å². The lowest BCUT2D eigenvalue weighted by Crippen LogP contribution is -2.30. The monoisotopic (exact) mass is 310 g/mol. The number of aliphatic hydroxyl groups is 1. The maximum absolute atomic E-state index is 11.9. The number of aliphatic hydroxyl groups excluding tert-OH is 1.